The van der Waals surface area contributed by atoms with Gasteiger partial charge in [0.1, 0.15) is 11.2 Å². The van der Waals surface area contributed by atoms with E-state index in [1.807, 2.05) is 12.1 Å². The number of furan rings is 1. The fourth-order valence-electron chi connectivity index (χ4n) is 7.67. The van der Waals surface area contributed by atoms with E-state index >= 15 is 0 Å². The molecule has 1 aromatic heterocycles. The molecule has 3 heterocycles. The minimum Gasteiger partial charge on any atom is -0.456 e. The molecule has 3 heteroatoms. The van der Waals surface area contributed by atoms with Crippen molar-refractivity contribution in [2.45, 2.75) is 52.1 Å². The molecule has 5 aromatic rings. The van der Waals surface area contributed by atoms with Gasteiger partial charge in [-0.2, -0.15) is 0 Å². The summed E-state index contributed by atoms with van der Waals surface area (Å²) in [4.78, 5) is 2.43. The van der Waals surface area contributed by atoms with E-state index < -0.39 is 6.10 Å². The summed E-state index contributed by atoms with van der Waals surface area (Å²) in [5, 5.41) is 14.2. The lowest BCUT2D eigenvalue weighted by atomic mass is 9.76. The van der Waals surface area contributed by atoms with Crippen molar-refractivity contribution in [2.75, 3.05) is 4.90 Å². The molecule has 0 radical (unpaired) electrons. The average molecular weight is 524 g/mol. The molecule has 2 unspecified atom stereocenters. The molecule has 0 amide bonds. The summed E-state index contributed by atoms with van der Waals surface area (Å²) in [7, 11) is 0. The highest BCUT2D eigenvalue weighted by Gasteiger charge is 2.42. The molecular weight excluding hydrogens is 490 g/mol. The highest BCUT2D eigenvalue weighted by atomic mass is 16.3. The van der Waals surface area contributed by atoms with Gasteiger partial charge in [-0.25, -0.2) is 0 Å². The number of aliphatic hydroxyl groups is 1. The summed E-state index contributed by atoms with van der Waals surface area (Å²) in [6.07, 6.45) is 4.81. The second-order valence-corrected chi connectivity index (χ2v) is 11.8. The molecule has 0 spiro atoms. The van der Waals surface area contributed by atoms with Crippen LogP contribution in [0.3, 0.4) is 0 Å². The zero-order valence-electron chi connectivity index (χ0n) is 23.4. The van der Waals surface area contributed by atoms with E-state index in [4.69, 9.17) is 4.42 Å². The molecule has 4 atom stereocenters. The van der Waals surface area contributed by atoms with Gasteiger partial charge in [0.25, 0.3) is 0 Å². The first-order chi connectivity index (χ1) is 19.5. The standard InChI is InChI=1S/C37H33NO2/c1-5-23-20(2)10-8-13-25(23)30-16-28-22(4)32(18-34(30)39)38-33-19-36-31(26-11-6-7-15-35(26)40-36)17-29(33)21(3)24-12-9-14-27(28)37(24)38/h6-19,21-22,30,34,39H,5H2,1-4H3/t21-,22+,30?,34?/m0/s1. The number of para-hydroxylation sites is 2. The lowest BCUT2D eigenvalue weighted by Crippen LogP contribution is -2.32. The zero-order valence-corrected chi connectivity index (χ0v) is 23.4. The van der Waals surface area contributed by atoms with Crippen LogP contribution in [0.2, 0.25) is 0 Å². The summed E-state index contributed by atoms with van der Waals surface area (Å²) in [5.41, 5.74) is 14.5. The van der Waals surface area contributed by atoms with Crippen molar-refractivity contribution in [3.05, 3.63) is 124 Å². The molecule has 8 rings (SSSR count). The third-order valence-corrected chi connectivity index (χ3v) is 9.70. The molecular formula is C37H33NO2. The molecule has 40 heavy (non-hydrogen) atoms. The Labute approximate surface area is 235 Å². The lowest BCUT2D eigenvalue weighted by Gasteiger charge is -2.45. The summed E-state index contributed by atoms with van der Waals surface area (Å²) >= 11 is 0. The van der Waals surface area contributed by atoms with Gasteiger partial charge in [0, 0.05) is 45.9 Å². The van der Waals surface area contributed by atoms with Crippen LogP contribution < -0.4 is 4.90 Å². The largest absolute Gasteiger partial charge is 0.456 e. The van der Waals surface area contributed by atoms with Crippen molar-refractivity contribution in [1.29, 1.82) is 0 Å². The molecule has 0 saturated carbocycles. The number of rotatable bonds is 2. The van der Waals surface area contributed by atoms with Gasteiger partial charge in [0.2, 0.25) is 0 Å². The van der Waals surface area contributed by atoms with Crippen LogP contribution in [-0.4, -0.2) is 11.2 Å². The number of aliphatic hydroxyl groups excluding tert-OH is 1. The summed E-state index contributed by atoms with van der Waals surface area (Å²) < 4.78 is 6.36. The van der Waals surface area contributed by atoms with Crippen molar-refractivity contribution in [3.63, 3.8) is 0 Å². The maximum Gasteiger partial charge on any atom is 0.137 e. The molecule has 3 nitrogen and oxygen atoms in total. The number of fused-ring (bicyclic) bond motifs is 9. The van der Waals surface area contributed by atoms with E-state index in [2.05, 4.69) is 105 Å². The molecule has 198 valence electrons. The second-order valence-electron chi connectivity index (χ2n) is 11.8. The van der Waals surface area contributed by atoms with Gasteiger partial charge in [-0.05, 0) is 64.9 Å². The molecule has 0 fully saturated rings. The molecule has 2 aliphatic heterocycles. The third kappa shape index (κ3) is 3.10. The Balaban J connectivity index is 1.40. The van der Waals surface area contributed by atoms with E-state index in [0.717, 1.165) is 39.7 Å². The lowest BCUT2D eigenvalue weighted by molar-refractivity contribution is 0.206. The van der Waals surface area contributed by atoms with Crippen molar-refractivity contribution in [1.82, 2.24) is 0 Å². The monoisotopic (exact) mass is 523 g/mol. The fraction of sp³-hybridized carbons (Fsp3) is 0.243. The van der Waals surface area contributed by atoms with Crippen LogP contribution in [0.4, 0.5) is 11.4 Å². The first-order valence-corrected chi connectivity index (χ1v) is 14.5. The van der Waals surface area contributed by atoms with Crippen molar-refractivity contribution >= 4 is 38.9 Å². The first-order valence-electron chi connectivity index (χ1n) is 14.5. The van der Waals surface area contributed by atoms with Crippen molar-refractivity contribution in [3.8, 4) is 0 Å². The predicted octanol–water partition coefficient (Wildman–Crippen LogP) is 9.14. The highest BCUT2D eigenvalue weighted by Crippen LogP contribution is 2.58. The minimum absolute atomic E-state index is 0.100. The summed E-state index contributed by atoms with van der Waals surface area (Å²) in [6.45, 7) is 9.00. The zero-order chi connectivity index (χ0) is 27.3. The molecule has 2 bridgehead atoms. The van der Waals surface area contributed by atoms with Crippen molar-refractivity contribution in [2.24, 2.45) is 5.92 Å². The van der Waals surface area contributed by atoms with Crippen LogP contribution in [0, 0.1) is 12.8 Å². The van der Waals surface area contributed by atoms with E-state index in [0.29, 0.717) is 0 Å². The van der Waals surface area contributed by atoms with Crippen LogP contribution in [0.25, 0.3) is 27.5 Å². The minimum atomic E-state index is -0.627. The molecule has 1 aliphatic carbocycles. The SMILES string of the molecule is CCc1c(C)cccc1C1C=C2c3cccc4c3N(C(=CC1O)[C@@H]2C)c1cc2oc3ccccc3c2cc1[C@H]4C. The topological polar surface area (TPSA) is 36.6 Å². The van der Waals surface area contributed by atoms with Crippen LogP contribution >= 0.6 is 0 Å². The highest BCUT2D eigenvalue weighted by molar-refractivity contribution is 6.07. The number of anilines is 2. The molecule has 4 aromatic carbocycles. The van der Waals surface area contributed by atoms with E-state index in [-0.39, 0.29) is 17.8 Å². The second kappa shape index (κ2) is 8.46. The van der Waals surface area contributed by atoms with Crippen LogP contribution in [-0.2, 0) is 6.42 Å². The number of aryl methyl sites for hydroxylation is 1. The molecule has 3 aliphatic rings. The number of hydrogen-bond acceptors (Lipinski definition) is 3. The van der Waals surface area contributed by atoms with Gasteiger partial charge in [0.15, 0.2) is 0 Å². The third-order valence-electron chi connectivity index (χ3n) is 9.70. The Morgan fingerprint density at radius 2 is 1.60 bits per heavy atom. The Bertz CT molecular complexity index is 1920. The smallest absolute Gasteiger partial charge is 0.137 e. The van der Waals surface area contributed by atoms with Gasteiger partial charge < -0.3 is 14.4 Å². The number of allylic oxidation sites excluding steroid dienone is 1. The summed E-state index contributed by atoms with van der Waals surface area (Å²) in [5.74, 6) is 0.279. The maximum absolute atomic E-state index is 11.9. The van der Waals surface area contributed by atoms with Gasteiger partial charge in [-0.3, -0.25) is 0 Å². The van der Waals surface area contributed by atoms with Gasteiger partial charge in [-0.15, -0.1) is 0 Å². The average Bonchev–Trinajstić information content (AvgIpc) is 3.29. The Hall–Kier alpha value is -4.08. The Kier molecular flexibility index (Phi) is 5.03. The molecule has 0 saturated heterocycles. The van der Waals surface area contributed by atoms with E-state index in [1.165, 1.54) is 44.6 Å². The normalized spacial score (nSPS) is 23.0. The van der Waals surface area contributed by atoms with E-state index in [1.54, 1.807) is 0 Å². The number of benzene rings is 4. The molecule has 1 N–H and O–H groups in total. The fourth-order valence-corrected chi connectivity index (χ4v) is 7.67. The predicted molar refractivity (Wildman–Crippen MR) is 164 cm³/mol. The van der Waals surface area contributed by atoms with E-state index in [9.17, 15) is 5.11 Å². The van der Waals surface area contributed by atoms with Gasteiger partial charge in [0.05, 0.1) is 17.5 Å². The maximum atomic E-state index is 11.9. The first kappa shape index (κ1) is 23.8. The van der Waals surface area contributed by atoms with Crippen LogP contribution in [0.5, 0.6) is 0 Å². The summed E-state index contributed by atoms with van der Waals surface area (Å²) in [6, 6.07) is 26.1. The van der Waals surface area contributed by atoms with Gasteiger partial charge >= 0.3 is 0 Å². The Morgan fingerprint density at radius 3 is 2.45 bits per heavy atom. The van der Waals surface area contributed by atoms with Gasteiger partial charge in [-0.1, -0.05) is 81.4 Å². The number of nitrogens with zero attached hydrogens (tertiary/aromatic N) is 1. The van der Waals surface area contributed by atoms with Crippen LogP contribution in [0.1, 0.15) is 66.0 Å². The van der Waals surface area contributed by atoms with Crippen molar-refractivity contribution < 1.29 is 9.52 Å². The number of hydrogen-bond donors (Lipinski definition) is 1. The van der Waals surface area contributed by atoms with Crippen LogP contribution in [0.15, 0.2) is 95.1 Å². The quantitative estimate of drug-likeness (QED) is 0.251. The Morgan fingerprint density at radius 1 is 0.800 bits per heavy atom.